The molecule has 204 valence electrons. The molecule has 0 saturated heterocycles. The minimum absolute atomic E-state index is 0.0275. The number of thioether (sulfide) groups is 1. The molecule has 3 aliphatic rings. The predicted molar refractivity (Wildman–Crippen MR) is 157 cm³/mol. The zero-order chi connectivity index (χ0) is 27.4. The summed E-state index contributed by atoms with van der Waals surface area (Å²) in [6, 6.07) is 11.7. The van der Waals surface area contributed by atoms with Crippen molar-refractivity contribution in [2.24, 2.45) is 10.1 Å². The van der Waals surface area contributed by atoms with Gasteiger partial charge in [-0.15, -0.1) is 0 Å². The van der Waals surface area contributed by atoms with E-state index < -0.39 is 5.91 Å². The van der Waals surface area contributed by atoms with Crippen LogP contribution in [-0.4, -0.2) is 47.3 Å². The smallest absolute Gasteiger partial charge is 0.283 e. The van der Waals surface area contributed by atoms with E-state index in [0.29, 0.717) is 46.2 Å². The normalized spacial score (nSPS) is 18.6. The molecular weight excluding hydrogens is 536 g/mol. The summed E-state index contributed by atoms with van der Waals surface area (Å²) in [6.07, 6.45) is 8.78. The minimum Gasteiger partial charge on any atom is -0.493 e. The molecule has 2 aliphatic heterocycles. The first-order valence-corrected chi connectivity index (χ1v) is 14.4. The number of fused-ring (bicyclic) bond motifs is 1. The quantitative estimate of drug-likeness (QED) is 0.262. The number of rotatable bonds is 9. The van der Waals surface area contributed by atoms with Crippen molar-refractivity contribution in [2.45, 2.75) is 51.4 Å². The number of aliphatic imine (C=N–C) groups is 1. The molecular formula is C29H31ClN4O4S. The van der Waals surface area contributed by atoms with Crippen LogP contribution in [0.5, 0.6) is 17.2 Å². The average Bonchev–Trinajstić information content (AvgIpc) is 3.38. The number of benzene rings is 2. The lowest BCUT2D eigenvalue weighted by Gasteiger charge is -2.22. The standard InChI is InChI=1S/C29H31ClN4O4S/c1-3-25-33-34-27(31)22(28(35)32-29(34)39-25)15-18-16-23(30)26(24(17-18)36-2)38-14-13-37-21-11-9-20(10-12-21)19-7-5-4-6-8-19/h9-12,15-17,19,31H,3-8,13-14H2,1-2H3. The highest BCUT2D eigenvalue weighted by Crippen LogP contribution is 2.38. The van der Waals surface area contributed by atoms with Gasteiger partial charge in [0.1, 0.15) is 24.0 Å². The number of hydrogen-bond acceptors (Lipinski definition) is 7. The van der Waals surface area contributed by atoms with Crippen molar-refractivity contribution in [3.63, 3.8) is 0 Å². The molecule has 0 aromatic heterocycles. The minimum atomic E-state index is -0.495. The number of nitrogens with zero attached hydrogens (tertiary/aromatic N) is 3. The van der Waals surface area contributed by atoms with E-state index in [9.17, 15) is 4.79 Å². The van der Waals surface area contributed by atoms with E-state index in [1.807, 2.05) is 19.1 Å². The second kappa shape index (κ2) is 12.3. The van der Waals surface area contributed by atoms with Crippen LogP contribution in [0.25, 0.3) is 6.08 Å². The SMILES string of the molecule is CCC1=NN2C(=N)C(=Cc3cc(Cl)c(OCCOc4ccc(C5CCCCC5)cc4)c(OC)c3)C(=O)N=C2S1. The Labute approximate surface area is 237 Å². The van der Waals surface area contributed by atoms with Crippen molar-refractivity contribution in [3.05, 3.63) is 58.1 Å². The second-order valence-electron chi connectivity index (χ2n) is 9.50. The van der Waals surface area contributed by atoms with E-state index in [1.54, 1.807) is 18.2 Å². The Balaban J connectivity index is 1.22. The van der Waals surface area contributed by atoms with Crippen LogP contribution in [0, 0.1) is 5.41 Å². The summed E-state index contributed by atoms with van der Waals surface area (Å²) in [5.41, 5.74) is 2.09. The van der Waals surface area contributed by atoms with Gasteiger partial charge in [-0.3, -0.25) is 10.2 Å². The molecule has 39 heavy (non-hydrogen) atoms. The fraction of sp³-hybridized carbons (Fsp3) is 0.379. The van der Waals surface area contributed by atoms with Gasteiger partial charge in [-0.2, -0.15) is 15.1 Å². The summed E-state index contributed by atoms with van der Waals surface area (Å²) < 4.78 is 17.3. The Bertz CT molecular complexity index is 1350. The van der Waals surface area contributed by atoms with Crippen LogP contribution in [0.2, 0.25) is 5.02 Å². The Kier molecular flexibility index (Phi) is 8.57. The first kappa shape index (κ1) is 27.3. The molecule has 1 aliphatic carbocycles. The Morgan fingerprint density at radius 1 is 1.13 bits per heavy atom. The molecule has 1 amide bonds. The van der Waals surface area contributed by atoms with Gasteiger partial charge in [0.15, 0.2) is 17.3 Å². The predicted octanol–water partition coefficient (Wildman–Crippen LogP) is 6.88. The summed E-state index contributed by atoms with van der Waals surface area (Å²) in [6.45, 7) is 2.58. The molecule has 1 N–H and O–H groups in total. The van der Waals surface area contributed by atoms with Crippen LogP contribution in [0.15, 0.2) is 52.1 Å². The van der Waals surface area contributed by atoms with E-state index in [4.69, 9.17) is 31.2 Å². The maximum absolute atomic E-state index is 12.7. The molecule has 1 fully saturated rings. The Morgan fingerprint density at radius 3 is 2.59 bits per heavy atom. The van der Waals surface area contributed by atoms with Gasteiger partial charge in [0.2, 0.25) is 5.17 Å². The van der Waals surface area contributed by atoms with E-state index in [-0.39, 0.29) is 18.0 Å². The van der Waals surface area contributed by atoms with E-state index in [0.717, 1.165) is 10.8 Å². The highest BCUT2D eigenvalue weighted by atomic mass is 35.5. The molecule has 0 spiro atoms. The molecule has 2 heterocycles. The van der Waals surface area contributed by atoms with Gasteiger partial charge >= 0.3 is 0 Å². The van der Waals surface area contributed by atoms with Gasteiger partial charge in [0.05, 0.1) is 17.7 Å². The van der Waals surface area contributed by atoms with Crippen LogP contribution in [0.4, 0.5) is 0 Å². The summed E-state index contributed by atoms with van der Waals surface area (Å²) in [5, 5.41) is 15.8. The van der Waals surface area contributed by atoms with Crippen LogP contribution in [-0.2, 0) is 4.79 Å². The van der Waals surface area contributed by atoms with Gasteiger partial charge in [0, 0.05) is 0 Å². The van der Waals surface area contributed by atoms with E-state index in [1.165, 1.54) is 61.5 Å². The number of carbonyl (C=O) groups is 1. The topological polar surface area (TPSA) is 96.6 Å². The van der Waals surface area contributed by atoms with Crippen LogP contribution >= 0.6 is 23.4 Å². The lowest BCUT2D eigenvalue weighted by molar-refractivity contribution is -0.114. The van der Waals surface area contributed by atoms with Gasteiger partial charge in [-0.25, -0.2) is 0 Å². The number of nitrogens with one attached hydrogen (secondary N) is 1. The molecule has 10 heteroatoms. The van der Waals surface area contributed by atoms with E-state index in [2.05, 4.69) is 22.2 Å². The van der Waals surface area contributed by atoms with Gasteiger partial charge < -0.3 is 14.2 Å². The third-order valence-electron chi connectivity index (χ3n) is 6.92. The van der Waals surface area contributed by atoms with Crippen molar-refractivity contribution < 1.29 is 19.0 Å². The highest BCUT2D eigenvalue weighted by Gasteiger charge is 2.35. The Morgan fingerprint density at radius 2 is 1.87 bits per heavy atom. The number of methoxy groups -OCH3 is 1. The molecule has 0 unspecified atom stereocenters. The van der Waals surface area contributed by atoms with Crippen LogP contribution in [0.1, 0.15) is 62.5 Å². The number of halogens is 1. The lowest BCUT2D eigenvalue weighted by atomic mass is 9.84. The molecule has 1 saturated carbocycles. The third kappa shape index (κ3) is 6.15. The van der Waals surface area contributed by atoms with Gasteiger partial charge in [-0.1, -0.05) is 49.9 Å². The third-order valence-corrected chi connectivity index (χ3v) is 8.25. The summed E-state index contributed by atoms with van der Waals surface area (Å²) in [5.74, 6) is 1.74. The average molecular weight is 567 g/mol. The van der Waals surface area contributed by atoms with Crippen molar-refractivity contribution in [1.29, 1.82) is 5.41 Å². The summed E-state index contributed by atoms with van der Waals surface area (Å²) in [4.78, 5) is 16.7. The van der Waals surface area contributed by atoms with Crippen LogP contribution in [0.3, 0.4) is 0 Å². The molecule has 2 aromatic carbocycles. The van der Waals surface area contributed by atoms with Gasteiger partial charge in [0.25, 0.3) is 5.91 Å². The fourth-order valence-electron chi connectivity index (χ4n) is 4.88. The molecule has 0 atom stereocenters. The van der Waals surface area contributed by atoms with E-state index >= 15 is 0 Å². The molecule has 2 aromatic rings. The number of amidine groups is 2. The van der Waals surface area contributed by atoms with Crippen molar-refractivity contribution in [3.8, 4) is 17.2 Å². The number of carbonyl (C=O) groups excluding carboxylic acids is 1. The molecule has 0 bridgehead atoms. The maximum atomic E-state index is 12.7. The number of amides is 1. The second-order valence-corrected chi connectivity index (χ2v) is 11.0. The van der Waals surface area contributed by atoms with Crippen LogP contribution < -0.4 is 14.2 Å². The monoisotopic (exact) mass is 566 g/mol. The van der Waals surface area contributed by atoms with Crippen molar-refractivity contribution in [1.82, 2.24) is 5.01 Å². The zero-order valence-electron chi connectivity index (χ0n) is 22.0. The lowest BCUT2D eigenvalue weighted by Crippen LogP contribution is -2.35. The molecule has 8 nitrogen and oxygen atoms in total. The number of ether oxygens (including phenoxy) is 3. The molecule has 5 rings (SSSR count). The number of hydrazone groups is 1. The first-order chi connectivity index (χ1) is 19.0. The molecule has 0 radical (unpaired) electrons. The largest absolute Gasteiger partial charge is 0.493 e. The summed E-state index contributed by atoms with van der Waals surface area (Å²) >= 11 is 7.85. The van der Waals surface area contributed by atoms with Gasteiger partial charge in [-0.05, 0) is 78.4 Å². The maximum Gasteiger partial charge on any atom is 0.283 e. The summed E-state index contributed by atoms with van der Waals surface area (Å²) in [7, 11) is 1.52. The fourth-order valence-corrected chi connectivity index (χ4v) is 5.98. The Hall–Kier alpha value is -3.30. The zero-order valence-corrected chi connectivity index (χ0v) is 23.6. The first-order valence-electron chi connectivity index (χ1n) is 13.2. The highest BCUT2D eigenvalue weighted by molar-refractivity contribution is 8.26. The van der Waals surface area contributed by atoms with Crippen molar-refractivity contribution >= 4 is 51.4 Å². The van der Waals surface area contributed by atoms with Crippen molar-refractivity contribution in [2.75, 3.05) is 20.3 Å². The number of hydrogen-bond donors (Lipinski definition) is 1.